The van der Waals surface area contributed by atoms with Crippen molar-refractivity contribution in [3.05, 3.63) is 29.6 Å². The lowest BCUT2D eigenvalue weighted by molar-refractivity contribution is -0.150. The van der Waals surface area contributed by atoms with Crippen molar-refractivity contribution in [3.63, 3.8) is 0 Å². The lowest BCUT2D eigenvalue weighted by Gasteiger charge is -2.29. The Hall–Kier alpha value is -1.42. The Morgan fingerprint density at radius 2 is 2.13 bits per heavy atom. The van der Waals surface area contributed by atoms with E-state index in [0.717, 1.165) is 11.1 Å². The van der Waals surface area contributed by atoms with E-state index < -0.39 is 17.5 Å². The zero-order chi connectivity index (χ0) is 11.6. The van der Waals surface area contributed by atoms with Gasteiger partial charge in [-0.2, -0.15) is 0 Å². The standard InChI is InChI=1S/C11H15NO3/c1-7-4-5-12-6-8(7)11(2,3)9(13)10(14)15/h4-6,9,13H,1-3H3,(H,14,15). The van der Waals surface area contributed by atoms with Crippen molar-refractivity contribution in [1.29, 1.82) is 0 Å². The molecule has 0 aromatic carbocycles. The number of aliphatic carboxylic acids is 1. The molecule has 4 heteroatoms. The van der Waals surface area contributed by atoms with E-state index >= 15 is 0 Å². The Morgan fingerprint density at radius 1 is 1.53 bits per heavy atom. The van der Waals surface area contributed by atoms with E-state index in [-0.39, 0.29) is 0 Å². The Morgan fingerprint density at radius 3 is 2.60 bits per heavy atom. The first-order chi connectivity index (χ1) is 6.87. The number of hydrogen-bond acceptors (Lipinski definition) is 3. The molecule has 0 radical (unpaired) electrons. The highest BCUT2D eigenvalue weighted by atomic mass is 16.4. The molecule has 0 amide bonds. The number of carboxylic acid groups (broad SMARTS) is 1. The summed E-state index contributed by atoms with van der Waals surface area (Å²) in [6.45, 7) is 5.25. The second-order valence-electron chi connectivity index (χ2n) is 4.15. The monoisotopic (exact) mass is 209 g/mol. The van der Waals surface area contributed by atoms with E-state index in [2.05, 4.69) is 4.98 Å². The van der Waals surface area contributed by atoms with Crippen LogP contribution in [0, 0.1) is 6.92 Å². The molecule has 0 aliphatic carbocycles. The summed E-state index contributed by atoms with van der Waals surface area (Å²) in [4.78, 5) is 14.7. The SMILES string of the molecule is Cc1ccncc1C(C)(C)C(O)C(=O)O. The average molecular weight is 209 g/mol. The lowest BCUT2D eigenvalue weighted by atomic mass is 9.78. The summed E-state index contributed by atoms with van der Waals surface area (Å²) in [6, 6.07) is 1.80. The van der Waals surface area contributed by atoms with Gasteiger partial charge in [0.25, 0.3) is 0 Å². The van der Waals surface area contributed by atoms with Crippen molar-refractivity contribution < 1.29 is 15.0 Å². The number of aryl methyl sites for hydroxylation is 1. The molecule has 1 atom stereocenters. The zero-order valence-electron chi connectivity index (χ0n) is 9.06. The topological polar surface area (TPSA) is 70.4 Å². The number of hydrogen-bond donors (Lipinski definition) is 2. The van der Waals surface area contributed by atoms with Gasteiger partial charge in [-0.3, -0.25) is 4.98 Å². The maximum Gasteiger partial charge on any atom is 0.333 e. The maximum atomic E-state index is 10.8. The van der Waals surface area contributed by atoms with Gasteiger partial charge in [0.2, 0.25) is 0 Å². The summed E-state index contributed by atoms with van der Waals surface area (Å²) in [7, 11) is 0. The number of pyridine rings is 1. The van der Waals surface area contributed by atoms with Crippen LogP contribution in [0.5, 0.6) is 0 Å². The van der Waals surface area contributed by atoms with Crippen LogP contribution >= 0.6 is 0 Å². The largest absolute Gasteiger partial charge is 0.479 e. The lowest BCUT2D eigenvalue weighted by Crippen LogP contribution is -2.40. The number of carboxylic acids is 1. The summed E-state index contributed by atoms with van der Waals surface area (Å²) in [5.41, 5.74) is 0.833. The Kier molecular flexibility index (Phi) is 3.09. The van der Waals surface area contributed by atoms with Crippen LogP contribution in [0.1, 0.15) is 25.0 Å². The summed E-state index contributed by atoms with van der Waals surface area (Å²) in [6.07, 6.45) is 1.81. The zero-order valence-corrected chi connectivity index (χ0v) is 9.06. The summed E-state index contributed by atoms with van der Waals surface area (Å²) in [5.74, 6) is -1.22. The number of aromatic nitrogens is 1. The molecule has 1 unspecified atom stereocenters. The van der Waals surface area contributed by atoms with Crippen LogP contribution in [0.4, 0.5) is 0 Å². The van der Waals surface area contributed by atoms with Gasteiger partial charge in [-0.25, -0.2) is 4.79 Å². The molecule has 1 heterocycles. The fourth-order valence-electron chi connectivity index (χ4n) is 1.59. The first kappa shape index (κ1) is 11.7. The van der Waals surface area contributed by atoms with Gasteiger partial charge in [0.15, 0.2) is 6.10 Å². The van der Waals surface area contributed by atoms with Gasteiger partial charge in [0, 0.05) is 17.8 Å². The first-order valence-electron chi connectivity index (χ1n) is 4.69. The fraction of sp³-hybridized carbons (Fsp3) is 0.455. The van der Waals surface area contributed by atoms with E-state index in [1.165, 1.54) is 0 Å². The van der Waals surface area contributed by atoms with Gasteiger partial charge in [-0.1, -0.05) is 13.8 Å². The molecule has 0 saturated heterocycles. The van der Waals surface area contributed by atoms with Crippen LogP contribution in [0.2, 0.25) is 0 Å². The third kappa shape index (κ3) is 2.15. The molecule has 1 aromatic heterocycles. The number of nitrogens with zero attached hydrogens (tertiary/aromatic N) is 1. The summed E-state index contributed by atoms with van der Waals surface area (Å²) < 4.78 is 0. The van der Waals surface area contributed by atoms with Crippen molar-refractivity contribution in [2.24, 2.45) is 0 Å². The van der Waals surface area contributed by atoms with E-state index in [9.17, 15) is 9.90 Å². The molecule has 0 fully saturated rings. The van der Waals surface area contributed by atoms with Crippen LogP contribution < -0.4 is 0 Å². The second-order valence-corrected chi connectivity index (χ2v) is 4.15. The fourth-order valence-corrected chi connectivity index (χ4v) is 1.59. The smallest absolute Gasteiger partial charge is 0.333 e. The molecule has 82 valence electrons. The molecular weight excluding hydrogens is 194 g/mol. The van der Waals surface area contributed by atoms with Crippen LogP contribution in [0.3, 0.4) is 0 Å². The molecule has 0 aliphatic heterocycles. The van der Waals surface area contributed by atoms with Crippen molar-refractivity contribution in [1.82, 2.24) is 4.98 Å². The van der Waals surface area contributed by atoms with Crippen LogP contribution in [0.15, 0.2) is 18.5 Å². The average Bonchev–Trinajstić information content (AvgIpc) is 2.16. The molecular formula is C11H15NO3. The van der Waals surface area contributed by atoms with Crippen molar-refractivity contribution in [3.8, 4) is 0 Å². The van der Waals surface area contributed by atoms with E-state index in [1.807, 2.05) is 6.92 Å². The van der Waals surface area contributed by atoms with Crippen LogP contribution in [-0.4, -0.2) is 27.3 Å². The van der Waals surface area contributed by atoms with Gasteiger partial charge in [-0.15, -0.1) is 0 Å². The van der Waals surface area contributed by atoms with Crippen LogP contribution in [0.25, 0.3) is 0 Å². The minimum Gasteiger partial charge on any atom is -0.479 e. The van der Waals surface area contributed by atoms with Gasteiger partial charge >= 0.3 is 5.97 Å². The van der Waals surface area contributed by atoms with Crippen LogP contribution in [-0.2, 0) is 10.2 Å². The van der Waals surface area contributed by atoms with Gasteiger partial charge in [0.05, 0.1) is 0 Å². The summed E-state index contributed by atoms with van der Waals surface area (Å²) >= 11 is 0. The molecule has 15 heavy (non-hydrogen) atoms. The number of carbonyl (C=O) groups is 1. The quantitative estimate of drug-likeness (QED) is 0.782. The molecule has 2 N–H and O–H groups in total. The van der Waals surface area contributed by atoms with Gasteiger partial charge in [0.1, 0.15) is 0 Å². The second kappa shape index (κ2) is 3.98. The minimum atomic E-state index is -1.43. The predicted molar refractivity (Wildman–Crippen MR) is 55.6 cm³/mol. The van der Waals surface area contributed by atoms with Gasteiger partial charge < -0.3 is 10.2 Å². The molecule has 0 saturated carbocycles. The predicted octanol–water partition coefficient (Wildman–Crippen LogP) is 1.11. The van der Waals surface area contributed by atoms with E-state index in [0.29, 0.717) is 0 Å². The Labute approximate surface area is 88.6 Å². The molecule has 4 nitrogen and oxygen atoms in total. The maximum absolute atomic E-state index is 10.8. The third-order valence-electron chi connectivity index (χ3n) is 2.65. The molecule has 1 aromatic rings. The highest BCUT2D eigenvalue weighted by molar-refractivity contribution is 5.74. The van der Waals surface area contributed by atoms with E-state index in [4.69, 9.17) is 5.11 Å². The Balaban J connectivity index is 3.16. The van der Waals surface area contributed by atoms with E-state index in [1.54, 1.807) is 32.3 Å². The summed E-state index contributed by atoms with van der Waals surface area (Å²) in [5, 5.41) is 18.4. The molecule has 0 aliphatic rings. The first-order valence-corrected chi connectivity index (χ1v) is 4.69. The number of aliphatic hydroxyl groups is 1. The van der Waals surface area contributed by atoms with Crippen molar-refractivity contribution >= 4 is 5.97 Å². The highest BCUT2D eigenvalue weighted by Crippen LogP contribution is 2.29. The van der Waals surface area contributed by atoms with Crippen molar-refractivity contribution in [2.75, 3.05) is 0 Å². The minimum absolute atomic E-state index is 0.750. The number of rotatable bonds is 3. The molecule has 1 rings (SSSR count). The highest BCUT2D eigenvalue weighted by Gasteiger charge is 2.36. The molecule has 0 spiro atoms. The third-order valence-corrected chi connectivity index (χ3v) is 2.65. The Bertz CT molecular complexity index is 374. The number of aliphatic hydroxyl groups excluding tert-OH is 1. The molecule has 0 bridgehead atoms. The van der Waals surface area contributed by atoms with Gasteiger partial charge in [-0.05, 0) is 24.1 Å². The normalized spacial score (nSPS) is 13.6. The van der Waals surface area contributed by atoms with Crippen molar-refractivity contribution in [2.45, 2.75) is 32.3 Å².